The topological polar surface area (TPSA) is 79.9 Å². The molecule has 0 saturated carbocycles. The van der Waals surface area contributed by atoms with E-state index in [0.717, 1.165) is 6.26 Å². The van der Waals surface area contributed by atoms with Gasteiger partial charge in [-0.25, -0.2) is 13.4 Å². The lowest BCUT2D eigenvalue weighted by Crippen LogP contribution is -2.25. The first kappa shape index (κ1) is 15.4. The monoisotopic (exact) mass is 336 g/mol. The molecule has 1 aromatic heterocycles. The van der Waals surface area contributed by atoms with Gasteiger partial charge in [-0.1, -0.05) is 20.8 Å². The van der Waals surface area contributed by atoms with E-state index in [1.54, 1.807) is 0 Å². The second-order valence-corrected chi connectivity index (χ2v) is 8.49. The first-order valence-electron chi connectivity index (χ1n) is 5.43. The van der Waals surface area contributed by atoms with Crippen molar-refractivity contribution in [2.24, 2.45) is 0 Å². The molecule has 0 aliphatic heterocycles. The Bertz CT molecular complexity index is 614. The van der Waals surface area contributed by atoms with Crippen molar-refractivity contribution in [2.45, 2.75) is 38.4 Å². The molecule has 1 N–H and O–H groups in total. The standard InChI is InChI=1S/C11H17BrN2O3S/c1-6(18(5,16)17)9-13-8(11(2,3)4)7(12)10(15)14-9/h6H,1-5H3,(H,13,14,15). The average molecular weight is 337 g/mol. The summed E-state index contributed by atoms with van der Waals surface area (Å²) in [5.74, 6) is 0.177. The number of hydrogen-bond acceptors (Lipinski definition) is 4. The van der Waals surface area contributed by atoms with Gasteiger partial charge < -0.3 is 4.98 Å². The Hall–Kier alpha value is -0.690. The molecule has 1 aromatic rings. The van der Waals surface area contributed by atoms with Crippen LogP contribution in [0.25, 0.3) is 0 Å². The molecule has 18 heavy (non-hydrogen) atoms. The third kappa shape index (κ3) is 3.20. The highest BCUT2D eigenvalue weighted by atomic mass is 79.9. The second-order valence-electron chi connectivity index (χ2n) is 5.34. The van der Waals surface area contributed by atoms with Crippen LogP contribution in [-0.4, -0.2) is 24.6 Å². The van der Waals surface area contributed by atoms with Gasteiger partial charge >= 0.3 is 0 Å². The number of nitrogens with one attached hydrogen (secondary N) is 1. The Balaban J connectivity index is 3.53. The van der Waals surface area contributed by atoms with E-state index in [4.69, 9.17) is 0 Å². The van der Waals surface area contributed by atoms with E-state index in [-0.39, 0.29) is 16.8 Å². The minimum atomic E-state index is -3.30. The maximum Gasteiger partial charge on any atom is 0.265 e. The molecule has 5 nitrogen and oxygen atoms in total. The number of aromatic amines is 1. The van der Waals surface area contributed by atoms with Gasteiger partial charge in [0.15, 0.2) is 9.84 Å². The molecule has 102 valence electrons. The zero-order chi connectivity index (χ0) is 14.3. The molecule has 1 atom stereocenters. The first-order chi connectivity index (χ1) is 7.94. The van der Waals surface area contributed by atoms with Gasteiger partial charge in [0.1, 0.15) is 15.5 Å². The summed E-state index contributed by atoms with van der Waals surface area (Å²) in [6, 6.07) is 0. The molecule has 7 heteroatoms. The van der Waals surface area contributed by atoms with E-state index >= 15 is 0 Å². The van der Waals surface area contributed by atoms with E-state index in [0.29, 0.717) is 10.2 Å². The van der Waals surface area contributed by atoms with Gasteiger partial charge in [-0.05, 0) is 22.9 Å². The molecule has 1 unspecified atom stereocenters. The highest BCUT2D eigenvalue weighted by Crippen LogP contribution is 2.27. The van der Waals surface area contributed by atoms with E-state index in [9.17, 15) is 13.2 Å². The fourth-order valence-electron chi connectivity index (χ4n) is 1.37. The third-order valence-corrected chi connectivity index (χ3v) is 4.86. The number of aromatic nitrogens is 2. The third-order valence-electron chi connectivity index (χ3n) is 2.62. The Labute approximate surface area is 115 Å². The van der Waals surface area contributed by atoms with Crippen molar-refractivity contribution in [3.8, 4) is 0 Å². The summed E-state index contributed by atoms with van der Waals surface area (Å²) in [4.78, 5) is 18.6. The zero-order valence-corrected chi connectivity index (χ0v) is 13.4. The highest BCUT2D eigenvalue weighted by Gasteiger charge is 2.26. The Morgan fingerprint density at radius 3 is 2.22 bits per heavy atom. The van der Waals surface area contributed by atoms with Crippen LogP contribution in [0, 0.1) is 0 Å². The van der Waals surface area contributed by atoms with Crippen LogP contribution in [0.3, 0.4) is 0 Å². The summed E-state index contributed by atoms with van der Waals surface area (Å²) in [7, 11) is -3.30. The molecule has 0 aliphatic rings. The predicted molar refractivity (Wildman–Crippen MR) is 74.5 cm³/mol. The number of sulfone groups is 1. The van der Waals surface area contributed by atoms with Crippen molar-refractivity contribution in [3.63, 3.8) is 0 Å². The summed E-state index contributed by atoms with van der Waals surface area (Å²) in [6.07, 6.45) is 1.12. The first-order valence-corrected chi connectivity index (χ1v) is 8.18. The molecule has 0 aliphatic carbocycles. The van der Waals surface area contributed by atoms with E-state index < -0.39 is 15.1 Å². The number of nitrogens with zero attached hydrogens (tertiary/aromatic N) is 1. The lowest BCUT2D eigenvalue weighted by atomic mass is 9.92. The summed E-state index contributed by atoms with van der Waals surface area (Å²) < 4.78 is 23.4. The minimum absolute atomic E-state index is 0.177. The highest BCUT2D eigenvalue weighted by molar-refractivity contribution is 9.10. The van der Waals surface area contributed by atoms with Crippen molar-refractivity contribution in [1.82, 2.24) is 9.97 Å². The van der Waals surface area contributed by atoms with Crippen molar-refractivity contribution >= 4 is 25.8 Å². The average Bonchev–Trinajstić information content (AvgIpc) is 2.17. The number of hydrogen-bond donors (Lipinski definition) is 1. The van der Waals surface area contributed by atoms with Crippen LogP contribution in [0.4, 0.5) is 0 Å². The molecular formula is C11H17BrN2O3S. The predicted octanol–water partition coefficient (Wildman–Crippen LogP) is 1.94. The maximum atomic E-state index is 11.8. The molecule has 0 saturated heterocycles. The summed E-state index contributed by atoms with van der Waals surface area (Å²) >= 11 is 3.19. The van der Waals surface area contributed by atoms with Crippen molar-refractivity contribution in [1.29, 1.82) is 0 Å². The minimum Gasteiger partial charge on any atom is -0.308 e. The molecule has 0 radical (unpaired) electrons. The fourth-order valence-corrected chi connectivity index (χ4v) is 2.67. The molecule has 0 bridgehead atoms. The van der Waals surface area contributed by atoms with Crippen LogP contribution < -0.4 is 5.56 Å². The van der Waals surface area contributed by atoms with Gasteiger partial charge in [0.05, 0.1) is 5.69 Å². The number of halogens is 1. The SMILES string of the molecule is CC(c1nc(C(C)(C)C)c(Br)c(=O)[nH]1)S(C)(=O)=O. The maximum absolute atomic E-state index is 11.8. The zero-order valence-electron chi connectivity index (χ0n) is 11.0. The van der Waals surface area contributed by atoms with Crippen LogP contribution in [0.5, 0.6) is 0 Å². The summed E-state index contributed by atoms with van der Waals surface area (Å²) in [5.41, 5.74) is -0.156. The number of rotatable bonds is 2. The van der Waals surface area contributed by atoms with Crippen molar-refractivity contribution in [2.75, 3.05) is 6.26 Å². The smallest absolute Gasteiger partial charge is 0.265 e. The van der Waals surface area contributed by atoms with Crippen LogP contribution in [-0.2, 0) is 15.3 Å². The van der Waals surface area contributed by atoms with Crippen LogP contribution >= 0.6 is 15.9 Å². The lowest BCUT2D eigenvalue weighted by molar-refractivity contribution is 0.551. The second kappa shape index (κ2) is 4.77. The van der Waals surface area contributed by atoms with Crippen LogP contribution in [0.2, 0.25) is 0 Å². The summed E-state index contributed by atoms with van der Waals surface area (Å²) in [6.45, 7) is 7.24. The largest absolute Gasteiger partial charge is 0.308 e. The molecule has 0 spiro atoms. The van der Waals surface area contributed by atoms with E-state index in [2.05, 4.69) is 25.9 Å². The molecule has 1 heterocycles. The fraction of sp³-hybridized carbons (Fsp3) is 0.636. The number of H-pyrrole nitrogens is 1. The van der Waals surface area contributed by atoms with Gasteiger partial charge in [-0.15, -0.1) is 0 Å². The lowest BCUT2D eigenvalue weighted by Gasteiger charge is -2.20. The van der Waals surface area contributed by atoms with E-state index in [1.165, 1.54) is 6.92 Å². The Kier molecular flexibility index (Phi) is 4.07. The Morgan fingerprint density at radius 1 is 1.33 bits per heavy atom. The molecule has 0 fully saturated rings. The van der Waals surface area contributed by atoms with Gasteiger partial charge in [0.25, 0.3) is 5.56 Å². The normalized spacial score (nSPS) is 14.6. The molecular weight excluding hydrogens is 320 g/mol. The van der Waals surface area contributed by atoms with Crippen LogP contribution in [0.1, 0.15) is 44.5 Å². The van der Waals surface area contributed by atoms with E-state index in [1.807, 2.05) is 20.8 Å². The molecule has 0 amide bonds. The quantitative estimate of drug-likeness (QED) is 0.894. The van der Waals surface area contributed by atoms with Gasteiger partial charge in [0.2, 0.25) is 0 Å². The Morgan fingerprint density at radius 2 is 1.83 bits per heavy atom. The molecule has 1 rings (SSSR count). The summed E-state index contributed by atoms with van der Waals surface area (Å²) in [5, 5.41) is -0.834. The van der Waals surface area contributed by atoms with Gasteiger partial charge in [-0.3, -0.25) is 4.79 Å². The van der Waals surface area contributed by atoms with Crippen LogP contribution in [0.15, 0.2) is 9.27 Å². The van der Waals surface area contributed by atoms with Gasteiger partial charge in [-0.2, -0.15) is 0 Å². The van der Waals surface area contributed by atoms with Gasteiger partial charge in [0, 0.05) is 11.7 Å². The van der Waals surface area contributed by atoms with Crippen molar-refractivity contribution in [3.05, 3.63) is 26.3 Å². The molecule has 0 aromatic carbocycles. The van der Waals surface area contributed by atoms with Crippen molar-refractivity contribution < 1.29 is 8.42 Å².